The molecule has 2 aliphatic rings. The van der Waals surface area contributed by atoms with Gasteiger partial charge in [-0.25, -0.2) is 9.38 Å². The molecule has 0 bridgehead atoms. The Hall–Kier alpha value is -3.19. The smallest absolute Gasteiger partial charge is 0.226 e. The average Bonchev–Trinajstić information content (AvgIpc) is 3.23. The van der Waals surface area contributed by atoms with E-state index in [4.69, 9.17) is 16.6 Å². The molecule has 1 unspecified atom stereocenters. The van der Waals surface area contributed by atoms with Crippen molar-refractivity contribution in [2.24, 2.45) is 5.92 Å². The van der Waals surface area contributed by atoms with Crippen molar-refractivity contribution >= 4 is 40.0 Å². The van der Waals surface area contributed by atoms with Crippen molar-refractivity contribution in [3.05, 3.63) is 53.1 Å². The van der Waals surface area contributed by atoms with Crippen molar-refractivity contribution in [3.63, 3.8) is 0 Å². The van der Waals surface area contributed by atoms with Crippen LogP contribution >= 0.6 is 11.6 Å². The third-order valence-electron chi connectivity index (χ3n) is 7.24. The Morgan fingerprint density at radius 1 is 1.06 bits per heavy atom. The summed E-state index contributed by atoms with van der Waals surface area (Å²) in [5, 5.41) is 10.7. The normalized spacial score (nSPS) is 19.1. The number of anilines is 1. The predicted octanol–water partition coefficient (Wildman–Crippen LogP) is 4.74. The minimum absolute atomic E-state index is 0.105. The van der Waals surface area contributed by atoms with Crippen molar-refractivity contribution in [1.29, 1.82) is 0 Å². The number of halogens is 1. The van der Waals surface area contributed by atoms with Crippen LogP contribution in [0.15, 0.2) is 42.5 Å². The lowest BCUT2D eigenvalue weighted by Crippen LogP contribution is -2.56. The standard InChI is InChI=1S/C26H27ClN6O/c1-16-6-8-18(9-7-16)23-29-30-24-21-11-10-20(27)14-22(21)28-26(33(23)24)31-12-13-32(17(2)15-31)25(34)19-4-3-5-19/h6-11,14,17,19H,3-5,12-13,15H2,1-2H3. The lowest BCUT2D eigenvalue weighted by Gasteiger charge is -2.43. The van der Waals surface area contributed by atoms with E-state index in [-0.39, 0.29) is 12.0 Å². The number of amides is 1. The number of carbonyl (C=O) groups is 1. The first kappa shape index (κ1) is 21.4. The zero-order valence-corrected chi connectivity index (χ0v) is 20.2. The molecular formula is C26H27ClN6O. The number of nitrogens with zero attached hydrogens (tertiary/aromatic N) is 6. The fourth-order valence-electron chi connectivity index (χ4n) is 5.05. The van der Waals surface area contributed by atoms with E-state index in [1.807, 2.05) is 18.2 Å². The molecule has 7 nitrogen and oxygen atoms in total. The third-order valence-corrected chi connectivity index (χ3v) is 7.48. The molecule has 34 heavy (non-hydrogen) atoms. The molecule has 0 N–H and O–H groups in total. The van der Waals surface area contributed by atoms with Gasteiger partial charge < -0.3 is 9.80 Å². The maximum absolute atomic E-state index is 12.9. The first-order valence-corrected chi connectivity index (χ1v) is 12.3. The van der Waals surface area contributed by atoms with Gasteiger partial charge in [-0.15, -0.1) is 10.2 Å². The van der Waals surface area contributed by atoms with Crippen LogP contribution in [-0.2, 0) is 4.79 Å². The fourth-order valence-corrected chi connectivity index (χ4v) is 5.22. The molecule has 2 fully saturated rings. The molecule has 1 amide bonds. The first-order chi connectivity index (χ1) is 16.5. The molecule has 0 radical (unpaired) electrons. The highest BCUT2D eigenvalue weighted by molar-refractivity contribution is 6.31. The van der Waals surface area contributed by atoms with Crippen molar-refractivity contribution in [1.82, 2.24) is 24.5 Å². The van der Waals surface area contributed by atoms with Crippen LogP contribution in [0.3, 0.4) is 0 Å². The van der Waals surface area contributed by atoms with Crippen molar-refractivity contribution in [3.8, 4) is 11.4 Å². The highest BCUT2D eigenvalue weighted by Crippen LogP contribution is 2.33. The van der Waals surface area contributed by atoms with E-state index in [2.05, 4.69) is 62.5 Å². The SMILES string of the molecule is Cc1ccc(-c2nnc3c4ccc(Cl)cc4nc(N4CCN(C(=O)C5CCC5)C(C)C4)n23)cc1. The van der Waals surface area contributed by atoms with Crippen molar-refractivity contribution < 1.29 is 4.79 Å². The number of rotatable bonds is 3. The van der Waals surface area contributed by atoms with Gasteiger partial charge in [0, 0.05) is 47.6 Å². The number of piperazine rings is 1. The third kappa shape index (κ3) is 3.50. The summed E-state index contributed by atoms with van der Waals surface area (Å²) >= 11 is 6.31. The minimum Gasteiger partial charge on any atom is -0.338 e. The van der Waals surface area contributed by atoms with Crippen LogP contribution in [0, 0.1) is 12.8 Å². The van der Waals surface area contributed by atoms with Gasteiger partial charge in [0.2, 0.25) is 11.9 Å². The van der Waals surface area contributed by atoms with Gasteiger partial charge in [0.1, 0.15) is 0 Å². The quantitative estimate of drug-likeness (QED) is 0.429. The molecule has 2 aromatic carbocycles. The molecule has 4 aromatic rings. The average molecular weight is 475 g/mol. The monoisotopic (exact) mass is 474 g/mol. The molecule has 3 heterocycles. The van der Waals surface area contributed by atoms with E-state index < -0.39 is 0 Å². The second-order valence-electron chi connectivity index (χ2n) is 9.58. The van der Waals surface area contributed by atoms with Crippen LogP contribution in [0.4, 0.5) is 5.95 Å². The highest BCUT2D eigenvalue weighted by atomic mass is 35.5. The van der Waals surface area contributed by atoms with Gasteiger partial charge in [0.15, 0.2) is 11.5 Å². The summed E-state index contributed by atoms with van der Waals surface area (Å²) in [6.07, 6.45) is 3.22. The van der Waals surface area contributed by atoms with E-state index in [0.29, 0.717) is 30.6 Å². The van der Waals surface area contributed by atoms with Crippen LogP contribution in [0.1, 0.15) is 31.7 Å². The van der Waals surface area contributed by atoms with Gasteiger partial charge >= 0.3 is 0 Å². The first-order valence-electron chi connectivity index (χ1n) is 12.0. The van der Waals surface area contributed by atoms with Gasteiger partial charge in [-0.3, -0.25) is 4.79 Å². The molecule has 1 saturated carbocycles. The molecule has 174 valence electrons. The Kier molecular flexibility index (Phi) is 5.17. The minimum atomic E-state index is 0.105. The topological polar surface area (TPSA) is 66.6 Å². The predicted molar refractivity (Wildman–Crippen MR) is 134 cm³/mol. The molecule has 1 aliphatic heterocycles. The maximum atomic E-state index is 12.9. The Balaban J connectivity index is 1.45. The summed E-state index contributed by atoms with van der Waals surface area (Å²) in [4.78, 5) is 22.3. The van der Waals surface area contributed by atoms with Gasteiger partial charge in [-0.2, -0.15) is 0 Å². The second kappa shape index (κ2) is 8.24. The van der Waals surface area contributed by atoms with Crippen molar-refractivity contribution in [2.75, 3.05) is 24.5 Å². The molecule has 1 atom stereocenters. The maximum Gasteiger partial charge on any atom is 0.226 e. The number of aryl methyl sites for hydroxylation is 1. The molecular weight excluding hydrogens is 448 g/mol. The number of hydrogen-bond donors (Lipinski definition) is 0. The molecule has 1 saturated heterocycles. The molecule has 1 aliphatic carbocycles. The van der Waals surface area contributed by atoms with Crippen LogP contribution < -0.4 is 4.90 Å². The number of carbonyl (C=O) groups excluding carboxylic acids is 1. The largest absolute Gasteiger partial charge is 0.338 e. The van der Waals surface area contributed by atoms with Crippen LogP contribution in [0.5, 0.6) is 0 Å². The molecule has 0 spiro atoms. The van der Waals surface area contributed by atoms with Crippen LogP contribution in [-0.4, -0.2) is 56.1 Å². The number of hydrogen-bond acceptors (Lipinski definition) is 5. The molecule has 2 aromatic heterocycles. The van der Waals surface area contributed by atoms with E-state index in [1.165, 1.54) is 12.0 Å². The van der Waals surface area contributed by atoms with E-state index in [0.717, 1.165) is 46.7 Å². The fraction of sp³-hybridized carbons (Fsp3) is 0.385. The zero-order valence-electron chi connectivity index (χ0n) is 19.4. The summed E-state index contributed by atoms with van der Waals surface area (Å²) in [6, 6.07) is 14.1. The summed E-state index contributed by atoms with van der Waals surface area (Å²) in [5.41, 5.74) is 3.73. The lowest BCUT2D eigenvalue weighted by atomic mass is 9.84. The van der Waals surface area contributed by atoms with Gasteiger partial charge in [0.25, 0.3) is 0 Å². The Morgan fingerprint density at radius 3 is 2.56 bits per heavy atom. The van der Waals surface area contributed by atoms with E-state index in [9.17, 15) is 4.79 Å². The van der Waals surface area contributed by atoms with Gasteiger partial charge in [-0.05, 0) is 44.9 Å². The number of fused-ring (bicyclic) bond motifs is 3. The van der Waals surface area contributed by atoms with E-state index in [1.54, 1.807) is 0 Å². The molecule has 6 rings (SSSR count). The highest BCUT2D eigenvalue weighted by Gasteiger charge is 2.35. The van der Waals surface area contributed by atoms with Gasteiger partial charge in [-0.1, -0.05) is 47.9 Å². The second-order valence-corrected chi connectivity index (χ2v) is 10.0. The Labute approximate surface area is 203 Å². The van der Waals surface area contributed by atoms with Crippen molar-refractivity contribution in [2.45, 2.75) is 39.2 Å². The summed E-state index contributed by atoms with van der Waals surface area (Å²) in [7, 11) is 0. The van der Waals surface area contributed by atoms with E-state index >= 15 is 0 Å². The van der Waals surface area contributed by atoms with Gasteiger partial charge in [0.05, 0.1) is 5.52 Å². The lowest BCUT2D eigenvalue weighted by molar-refractivity contribution is -0.140. The summed E-state index contributed by atoms with van der Waals surface area (Å²) in [5.74, 6) is 2.07. The zero-order chi connectivity index (χ0) is 23.4. The van der Waals surface area contributed by atoms with Crippen LogP contribution in [0.25, 0.3) is 27.9 Å². The van der Waals surface area contributed by atoms with Crippen LogP contribution in [0.2, 0.25) is 5.02 Å². The number of benzene rings is 2. The molecule has 8 heteroatoms. The number of aromatic nitrogens is 4. The summed E-state index contributed by atoms with van der Waals surface area (Å²) in [6.45, 7) is 6.31. The Bertz CT molecular complexity index is 1390. The Morgan fingerprint density at radius 2 is 1.85 bits per heavy atom. The summed E-state index contributed by atoms with van der Waals surface area (Å²) < 4.78 is 2.05.